The number of nitrogens with zero attached hydrogens (tertiary/aromatic N) is 2. The van der Waals surface area contributed by atoms with Crippen molar-refractivity contribution in [1.29, 1.82) is 0 Å². The fraction of sp³-hybridized carbons (Fsp3) is 0.143. The third kappa shape index (κ3) is 6.65. The van der Waals surface area contributed by atoms with Gasteiger partial charge in [-0.25, -0.2) is 22.8 Å². The fourth-order valence-electron chi connectivity index (χ4n) is 3.92. The summed E-state index contributed by atoms with van der Waals surface area (Å²) in [6.07, 6.45) is 3.64. The second kappa shape index (κ2) is 10.9. The number of benzene rings is 3. The Balaban J connectivity index is 1.28. The van der Waals surface area contributed by atoms with Crippen molar-refractivity contribution in [2.24, 2.45) is 0 Å². The number of halogens is 1. The SMILES string of the molecule is C=CS(=O)(=O)Nc1cccc(Nc2cc(Nc3ccc(OCc4cccc(F)c4)c(C4CC4)c3)ncn2)c1. The molecule has 1 saturated carbocycles. The Morgan fingerprint density at radius 1 is 0.921 bits per heavy atom. The van der Waals surface area contributed by atoms with Crippen LogP contribution in [0.4, 0.5) is 33.1 Å². The molecule has 194 valence electrons. The molecule has 8 nitrogen and oxygen atoms in total. The van der Waals surface area contributed by atoms with Crippen molar-refractivity contribution in [1.82, 2.24) is 9.97 Å². The smallest absolute Gasteiger partial charge is 0.254 e. The summed E-state index contributed by atoms with van der Waals surface area (Å²) in [7, 11) is -3.61. The van der Waals surface area contributed by atoms with Gasteiger partial charge in [-0.15, -0.1) is 0 Å². The second-order valence-electron chi connectivity index (χ2n) is 8.88. The third-order valence-corrected chi connectivity index (χ3v) is 6.82. The highest BCUT2D eigenvalue weighted by Gasteiger charge is 2.27. The van der Waals surface area contributed by atoms with Gasteiger partial charge < -0.3 is 15.4 Å². The second-order valence-corrected chi connectivity index (χ2v) is 10.5. The van der Waals surface area contributed by atoms with Crippen LogP contribution in [0.2, 0.25) is 0 Å². The van der Waals surface area contributed by atoms with Crippen LogP contribution in [-0.2, 0) is 16.6 Å². The third-order valence-electron chi connectivity index (χ3n) is 5.86. The zero-order valence-electron chi connectivity index (χ0n) is 20.4. The molecule has 0 saturated heterocycles. The van der Waals surface area contributed by atoms with E-state index in [9.17, 15) is 12.8 Å². The maximum absolute atomic E-state index is 13.5. The minimum absolute atomic E-state index is 0.281. The molecular weight excluding hydrogens is 505 g/mol. The van der Waals surface area contributed by atoms with E-state index in [4.69, 9.17) is 4.74 Å². The number of ether oxygens (including phenoxy) is 1. The van der Waals surface area contributed by atoms with Gasteiger partial charge in [-0.05, 0) is 78.4 Å². The molecule has 0 amide bonds. The van der Waals surface area contributed by atoms with E-state index in [2.05, 4.69) is 38.0 Å². The molecule has 3 N–H and O–H groups in total. The number of hydrogen-bond acceptors (Lipinski definition) is 7. The first-order chi connectivity index (χ1) is 18.4. The topological polar surface area (TPSA) is 105 Å². The molecule has 0 spiro atoms. The molecule has 1 aliphatic rings. The van der Waals surface area contributed by atoms with Gasteiger partial charge in [0, 0.05) is 22.8 Å². The van der Waals surface area contributed by atoms with Crippen LogP contribution in [0.5, 0.6) is 5.75 Å². The standard InChI is InChI=1S/C28H26FN5O3S/c1-2-38(35,36)34-24-8-4-7-22(14-24)32-27-16-28(31-18-30-27)33-23-11-12-26(25(15-23)20-9-10-20)37-17-19-5-3-6-21(29)13-19/h2-8,11-16,18,20,34H,1,9-10,17H2,(H2,30,31,32,33). The van der Waals surface area contributed by atoms with E-state index in [1.807, 2.05) is 18.2 Å². The van der Waals surface area contributed by atoms with Crippen molar-refractivity contribution in [2.75, 3.05) is 15.4 Å². The Kier molecular flexibility index (Phi) is 7.23. The zero-order valence-corrected chi connectivity index (χ0v) is 21.2. The number of nitrogens with one attached hydrogen (secondary N) is 3. The predicted octanol–water partition coefficient (Wildman–Crippen LogP) is 6.44. The number of hydrogen-bond donors (Lipinski definition) is 3. The minimum atomic E-state index is -3.61. The van der Waals surface area contributed by atoms with Gasteiger partial charge in [0.15, 0.2) is 0 Å². The van der Waals surface area contributed by atoms with Crippen LogP contribution in [0, 0.1) is 5.82 Å². The van der Waals surface area contributed by atoms with E-state index < -0.39 is 10.0 Å². The lowest BCUT2D eigenvalue weighted by Gasteiger charge is -2.14. The lowest BCUT2D eigenvalue weighted by molar-refractivity contribution is 0.302. The van der Waals surface area contributed by atoms with Crippen molar-refractivity contribution in [3.05, 3.63) is 108 Å². The highest BCUT2D eigenvalue weighted by Crippen LogP contribution is 2.45. The molecule has 1 heterocycles. The van der Waals surface area contributed by atoms with Crippen molar-refractivity contribution in [3.8, 4) is 5.75 Å². The van der Waals surface area contributed by atoms with Crippen LogP contribution < -0.4 is 20.1 Å². The average Bonchev–Trinajstić information content (AvgIpc) is 3.74. The minimum Gasteiger partial charge on any atom is -0.489 e. The molecule has 10 heteroatoms. The summed E-state index contributed by atoms with van der Waals surface area (Å²) >= 11 is 0. The van der Waals surface area contributed by atoms with Crippen molar-refractivity contribution >= 4 is 38.7 Å². The van der Waals surface area contributed by atoms with E-state index in [0.717, 1.165) is 40.8 Å². The highest BCUT2D eigenvalue weighted by atomic mass is 32.2. The van der Waals surface area contributed by atoms with Gasteiger partial charge in [-0.3, -0.25) is 4.72 Å². The Bertz CT molecular complexity index is 1570. The van der Waals surface area contributed by atoms with Crippen molar-refractivity contribution in [3.63, 3.8) is 0 Å². The van der Waals surface area contributed by atoms with Crippen LogP contribution in [-0.4, -0.2) is 18.4 Å². The van der Waals surface area contributed by atoms with Gasteiger partial charge in [0.2, 0.25) is 0 Å². The summed E-state index contributed by atoms with van der Waals surface area (Å²) in [5.74, 6) is 2.06. The van der Waals surface area contributed by atoms with Gasteiger partial charge in [0.05, 0.1) is 5.69 Å². The average molecular weight is 532 g/mol. The van der Waals surface area contributed by atoms with Gasteiger partial charge in [0.25, 0.3) is 10.0 Å². The van der Waals surface area contributed by atoms with Gasteiger partial charge in [0.1, 0.15) is 36.1 Å². The Labute approximate surface area is 220 Å². The number of sulfonamides is 1. The first-order valence-corrected chi connectivity index (χ1v) is 13.5. The monoisotopic (exact) mass is 531 g/mol. The van der Waals surface area contributed by atoms with Crippen LogP contribution in [0.15, 0.2) is 91.1 Å². The molecule has 1 fully saturated rings. The molecule has 3 aromatic carbocycles. The maximum atomic E-state index is 13.5. The molecule has 1 aliphatic carbocycles. The predicted molar refractivity (Wildman–Crippen MR) is 147 cm³/mol. The largest absolute Gasteiger partial charge is 0.489 e. The lowest BCUT2D eigenvalue weighted by atomic mass is 10.1. The Hall–Kier alpha value is -4.44. The first-order valence-electron chi connectivity index (χ1n) is 12.0. The van der Waals surface area contributed by atoms with E-state index in [1.54, 1.807) is 36.4 Å². The van der Waals surface area contributed by atoms with E-state index in [1.165, 1.54) is 18.5 Å². The van der Waals surface area contributed by atoms with Crippen molar-refractivity contribution < 1.29 is 17.5 Å². The zero-order chi connectivity index (χ0) is 26.5. The summed E-state index contributed by atoms with van der Waals surface area (Å²) in [6.45, 7) is 3.59. The molecular formula is C28H26FN5O3S. The number of aromatic nitrogens is 2. The normalized spacial score (nSPS) is 13.0. The van der Waals surface area contributed by atoms with Crippen LogP contribution >= 0.6 is 0 Å². The summed E-state index contributed by atoms with van der Waals surface area (Å²) in [4.78, 5) is 8.58. The molecule has 0 unspecified atom stereocenters. The molecule has 0 bridgehead atoms. The van der Waals surface area contributed by atoms with E-state index >= 15 is 0 Å². The quantitative estimate of drug-likeness (QED) is 0.204. The highest BCUT2D eigenvalue weighted by molar-refractivity contribution is 7.95. The molecule has 4 aromatic rings. The summed E-state index contributed by atoms with van der Waals surface area (Å²) in [6, 6.07) is 20.9. The van der Waals surface area contributed by atoms with E-state index in [0.29, 0.717) is 35.5 Å². The molecule has 5 rings (SSSR count). The molecule has 1 aromatic heterocycles. The first kappa shape index (κ1) is 25.2. The number of anilines is 5. The fourth-order valence-corrected chi connectivity index (χ4v) is 4.45. The molecule has 0 radical (unpaired) electrons. The Morgan fingerprint density at radius 2 is 1.63 bits per heavy atom. The summed E-state index contributed by atoms with van der Waals surface area (Å²) in [5.41, 5.74) is 3.79. The van der Waals surface area contributed by atoms with Gasteiger partial charge in [-0.1, -0.05) is 24.8 Å². The Morgan fingerprint density at radius 3 is 2.34 bits per heavy atom. The molecule has 0 aliphatic heterocycles. The van der Waals surface area contributed by atoms with Crippen molar-refractivity contribution in [2.45, 2.75) is 25.4 Å². The van der Waals surface area contributed by atoms with Gasteiger partial charge >= 0.3 is 0 Å². The van der Waals surface area contributed by atoms with Gasteiger partial charge in [-0.2, -0.15) is 0 Å². The van der Waals surface area contributed by atoms with E-state index in [-0.39, 0.29) is 5.82 Å². The van der Waals surface area contributed by atoms with Crippen LogP contribution in [0.3, 0.4) is 0 Å². The molecule has 38 heavy (non-hydrogen) atoms. The maximum Gasteiger partial charge on any atom is 0.254 e. The number of rotatable bonds is 11. The summed E-state index contributed by atoms with van der Waals surface area (Å²) in [5, 5.41) is 7.33. The molecule has 0 atom stereocenters. The van der Waals surface area contributed by atoms with Crippen LogP contribution in [0.25, 0.3) is 0 Å². The van der Waals surface area contributed by atoms with Crippen LogP contribution in [0.1, 0.15) is 29.9 Å². The summed E-state index contributed by atoms with van der Waals surface area (Å²) < 4.78 is 45.5. The lowest BCUT2D eigenvalue weighted by Crippen LogP contribution is -2.08.